The molecule has 0 aliphatic heterocycles. The van der Waals surface area contributed by atoms with Crippen molar-refractivity contribution in [2.45, 2.75) is 44.7 Å². The van der Waals surface area contributed by atoms with E-state index in [4.69, 9.17) is 10.8 Å². The van der Waals surface area contributed by atoms with Crippen molar-refractivity contribution in [3.05, 3.63) is 29.8 Å². The van der Waals surface area contributed by atoms with E-state index in [2.05, 4.69) is 12.2 Å². The van der Waals surface area contributed by atoms with Gasteiger partial charge in [-0.25, -0.2) is 0 Å². The van der Waals surface area contributed by atoms with Crippen LogP contribution in [0.4, 0.5) is 5.69 Å². The van der Waals surface area contributed by atoms with Crippen LogP contribution < -0.4 is 11.1 Å². The van der Waals surface area contributed by atoms with Crippen molar-refractivity contribution < 1.29 is 9.90 Å². The average molecular weight is 262 g/mol. The third kappa shape index (κ3) is 3.70. The number of hydrogen-bond donors (Lipinski definition) is 3. The molecule has 1 aliphatic carbocycles. The standard InChI is InChI=1S/C15H22N2O2/c1-2-5-10-9-14(10)17-13-7-4-3-6-11(13)8-12(16)15(18)19/h3-4,6-7,10,12,14,17H,2,5,8-9,16H2,1H3,(H,18,19). The van der Waals surface area contributed by atoms with Gasteiger partial charge in [-0.1, -0.05) is 31.5 Å². The Labute approximate surface area is 114 Å². The van der Waals surface area contributed by atoms with Gasteiger partial charge in [-0.3, -0.25) is 4.79 Å². The molecule has 4 nitrogen and oxygen atoms in total. The van der Waals surface area contributed by atoms with E-state index in [1.807, 2.05) is 24.3 Å². The van der Waals surface area contributed by atoms with Crippen molar-refractivity contribution in [2.24, 2.45) is 11.7 Å². The average Bonchev–Trinajstić information content (AvgIpc) is 3.10. The first-order valence-corrected chi connectivity index (χ1v) is 6.94. The van der Waals surface area contributed by atoms with E-state index in [0.717, 1.165) is 17.2 Å². The van der Waals surface area contributed by atoms with Crippen molar-refractivity contribution >= 4 is 11.7 Å². The molecule has 0 spiro atoms. The van der Waals surface area contributed by atoms with E-state index >= 15 is 0 Å². The number of carbonyl (C=O) groups is 1. The Morgan fingerprint density at radius 3 is 2.95 bits per heavy atom. The van der Waals surface area contributed by atoms with E-state index in [-0.39, 0.29) is 0 Å². The summed E-state index contributed by atoms with van der Waals surface area (Å²) in [6.45, 7) is 2.20. The first-order valence-electron chi connectivity index (χ1n) is 6.94. The molecule has 0 radical (unpaired) electrons. The number of carboxylic acids is 1. The molecule has 4 heteroatoms. The molecule has 0 saturated heterocycles. The molecule has 0 bridgehead atoms. The molecule has 19 heavy (non-hydrogen) atoms. The summed E-state index contributed by atoms with van der Waals surface area (Å²) in [5.74, 6) is -0.184. The van der Waals surface area contributed by atoms with Gasteiger partial charge in [-0.15, -0.1) is 0 Å². The van der Waals surface area contributed by atoms with Gasteiger partial charge in [0, 0.05) is 18.2 Å². The van der Waals surface area contributed by atoms with Crippen LogP contribution in [0.3, 0.4) is 0 Å². The quantitative estimate of drug-likeness (QED) is 0.704. The van der Waals surface area contributed by atoms with Crippen LogP contribution >= 0.6 is 0 Å². The molecule has 0 aromatic heterocycles. The molecule has 104 valence electrons. The summed E-state index contributed by atoms with van der Waals surface area (Å²) in [4.78, 5) is 10.8. The maximum Gasteiger partial charge on any atom is 0.320 e. The fourth-order valence-electron chi connectivity index (χ4n) is 2.48. The lowest BCUT2D eigenvalue weighted by Gasteiger charge is -2.13. The van der Waals surface area contributed by atoms with Gasteiger partial charge in [0.1, 0.15) is 6.04 Å². The summed E-state index contributed by atoms with van der Waals surface area (Å²) >= 11 is 0. The highest BCUT2D eigenvalue weighted by Crippen LogP contribution is 2.37. The first-order chi connectivity index (χ1) is 9.11. The van der Waals surface area contributed by atoms with Crippen molar-refractivity contribution in [3.63, 3.8) is 0 Å². The molecule has 3 unspecified atom stereocenters. The molecule has 1 fully saturated rings. The Hall–Kier alpha value is -1.55. The highest BCUT2D eigenvalue weighted by molar-refractivity contribution is 5.74. The molecule has 1 saturated carbocycles. The van der Waals surface area contributed by atoms with Gasteiger partial charge < -0.3 is 16.2 Å². The zero-order valence-corrected chi connectivity index (χ0v) is 11.3. The highest BCUT2D eigenvalue weighted by atomic mass is 16.4. The number of hydrogen-bond acceptors (Lipinski definition) is 3. The predicted octanol–water partition coefficient (Wildman–Crippen LogP) is 2.24. The molecule has 0 heterocycles. The minimum absolute atomic E-state index is 0.365. The largest absolute Gasteiger partial charge is 0.480 e. The Balaban J connectivity index is 1.99. The Kier molecular flexibility index (Phi) is 4.43. The predicted molar refractivity (Wildman–Crippen MR) is 76.2 cm³/mol. The van der Waals surface area contributed by atoms with Crippen molar-refractivity contribution in [3.8, 4) is 0 Å². The number of aliphatic carboxylic acids is 1. The lowest BCUT2D eigenvalue weighted by Crippen LogP contribution is -2.32. The van der Waals surface area contributed by atoms with Crippen LogP contribution in [0.1, 0.15) is 31.7 Å². The normalized spacial score (nSPS) is 22.8. The number of benzene rings is 1. The lowest BCUT2D eigenvalue weighted by atomic mass is 10.0. The van der Waals surface area contributed by atoms with Gasteiger partial charge in [0.2, 0.25) is 0 Å². The first kappa shape index (κ1) is 13.9. The van der Waals surface area contributed by atoms with E-state index < -0.39 is 12.0 Å². The Morgan fingerprint density at radius 2 is 2.26 bits per heavy atom. The number of carboxylic acid groups (broad SMARTS) is 1. The molecule has 0 amide bonds. The summed E-state index contributed by atoms with van der Waals surface area (Å²) in [6.07, 6.45) is 4.06. The SMILES string of the molecule is CCCC1CC1Nc1ccccc1CC(N)C(=O)O. The number of nitrogens with one attached hydrogen (secondary N) is 1. The molecule has 1 aromatic carbocycles. The summed E-state index contributed by atoms with van der Waals surface area (Å²) in [5.41, 5.74) is 7.63. The smallest absolute Gasteiger partial charge is 0.320 e. The number of anilines is 1. The second-order valence-electron chi connectivity index (χ2n) is 5.34. The minimum atomic E-state index is -0.954. The maximum absolute atomic E-state index is 10.8. The topological polar surface area (TPSA) is 75.3 Å². The molecule has 1 aromatic rings. The van der Waals surface area contributed by atoms with E-state index in [0.29, 0.717) is 12.5 Å². The van der Waals surface area contributed by atoms with Crippen LogP contribution in [0.25, 0.3) is 0 Å². The fourth-order valence-corrected chi connectivity index (χ4v) is 2.48. The van der Waals surface area contributed by atoms with Crippen LogP contribution in [-0.4, -0.2) is 23.2 Å². The molecule has 3 atom stereocenters. The zero-order chi connectivity index (χ0) is 13.8. The van der Waals surface area contributed by atoms with Crippen LogP contribution in [0, 0.1) is 5.92 Å². The summed E-state index contributed by atoms with van der Waals surface area (Å²) in [7, 11) is 0. The Morgan fingerprint density at radius 1 is 1.53 bits per heavy atom. The Bertz CT molecular complexity index is 448. The van der Waals surface area contributed by atoms with Gasteiger partial charge in [0.05, 0.1) is 0 Å². The highest BCUT2D eigenvalue weighted by Gasteiger charge is 2.36. The van der Waals surface area contributed by atoms with E-state index in [1.165, 1.54) is 19.3 Å². The molecular formula is C15H22N2O2. The maximum atomic E-state index is 10.8. The van der Waals surface area contributed by atoms with Crippen LogP contribution in [0.2, 0.25) is 0 Å². The van der Waals surface area contributed by atoms with Crippen LogP contribution in [0.15, 0.2) is 24.3 Å². The second kappa shape index (κ2) is 6.06. The molecule has 4 N–H and O–H groups in total. The van der Waals surface area contributed by atoms with Crippen molar-refractivity contribution in [1.82, 2.24) is 0 Å². The third-order valence-electron chi connectivity index (χ3n) is 3.70. The van der Waals surface area contributed by atoms with E-state index in [9.17, 15) is 4.79 Å². The van der Waals surface area contributed by atoms with E-state index in [1.54, 1.807) is 0 Å². The van der Waals surface area contributed by atoms with Gasteiger partial charge in [0.25, 0.3) is 0 Å². The van der Waals surface area contributed by atoms with Gasteiger partial charge in [-0.2, -0.15) is 0 Å². The minimum Gasteiger partial charge on any atom is -0.480 e. The fraction of sp³-hybridized carbons (Fsp3) is 0.533. The van der Waals surface area contributed by atoms with Crippen LogP contribution in [0.5, 0.6) is 0 Å². The summed E-state index contributed by atoms with van der Waals surface area (Å²) in [6, 6.07) is 7.55. The van der Waals surface area contributed by atoms with Crippen molar-refractivity contribution in [2.75, 3.05) is 5.32 Å². The number of para-hydroxylation sites is 1. The summed E-state index contributed by atoms with van der Waals surface area (Å²) in [5, 5.41) is 12.4. The second-order valence-corrected chi connectivity index (χ2v) is 5.34. The van der Waals surface area contributed by atoms with Crippen molar-refractivity contribution in [1.29, 1.82) is 0 Å². The van der Waals surface area contributed by atoms with Gasteiger partial charge in [-0.05, 0) is 30.4 Å². The zero-order valence-electron chi connectivity index (χ0n) is 11.3. The monoisotopic (exact) mass is 262 g/mol. The summed E-state index contributed by atoms with van der Waals surface area (Å²) < 4.78 is 0. The van der Waals surface area contributed by atoms with Gasteiger partial charge >= 0.3 is 5.97 Å². The molecular weight excluding hydrogens is 240 g/mol. The van der Waals surface area contributed by atoms with Crippen LogP contribution in [-0.2, 0) is 11.2 Å². The van der Waals surface area contributed by atoms with Gasteiger partial charge in [0.15, 0.2) is 0 Å². The lowest BCUT2D eigenvalue weighted by molar-refractivity contribution is -0.138. The number of rotatable bonds is 7. The third-order valence-corrected chi connectivity index (χ3v) is 3.70. The molecule has 2 rings (SSSR count). The number of nitrogens with two attached hydrogens (primary N) is 1. The molecule has 1 aliphatic rings.